The van der Waals surface area contributed by atoms with Crippen LogP contribution in [0.3, 0.4) is 0 Å². The number of unbranched alkanes of at least 4 members (excludes halogenated alkanes) is 3. The Morgan fingerprint density at radius 2 is 2.04 bits per heavy atom. The van der Waals surface area contributed by atoms with Crippen LogP contribution in [0.4, 0.5) is 0 Å². The quantitative estimate of drug-likeness (QED) is 0.412. The van der Waals surface area contributed by atoms with Gasteiger partial charge in [0.15, 0.2) is 6.29 Å². The van der Waals surface area contributed by atoms with Gasteiger partial charge in [-0.2, -0.15) is 0 Å². The van der Waals surface area contributed by atoms with E-state index in [1.807, 2.05) is 18.2 Å². The molecule has 5 heteroatoms. The number of aliphatic carboxylic acids is 1. The Morgan fingerprint density at radius 1 is 1.24 bits per heavy atom. The van der Waals surface area contributed by atoms with Gasteiger partial charge in [0.25, 0.3) is 0 Å². The van der Waals surface area contributed by atoms with Gasteiger partial charge in [0.2, 0.25) is 0 Å². The molecule has 0 aromatic rings. The van der Waals surface area contributed by atoms with Gasteiger partial charge in [-0.3, -0.25) is 4.79 Å². The molecule has 0 aromatic carbocycles. The van der Waals surface area contributed by atoms with Crippen LogP contribution < -0.4 is 0 Å². The highest BCUT2D eigenvalue weighted by Gasteiger charge is 2.46. The Morgan fingerprint density at radius 3 is 2.76 bits per heavy atom. The highest BCUT2D eigenvalue weighted by Crippen LogP contribution is 2.40. The molecule has 0 radical (unpaired) electrons. The van der Waals surface area contributed by atoms with Gasteiger partial charge in [-0.05, 0) is 25.7 Å². The molecule has 3 heterocycles. The topological polar surface area (TPSA) is 76.0 Å². The first-order valence-electron chi connectivity index (χ1n) is 9.64. The number of hydrogen-bond acceptors (Lipinski definition) is 4. The Kier molecular flexibility index (Phi) is 8.65. The number of aliphatic hydroxyl groups excluding tert-OH is 1. The Labute approximate surface area is 150 Å². The second kappa shape index (κ2) is 10.7. The SMILES string of the molecule is CCCCC[C@@H](O)/C=C/C1O[C@H]2C[C@H](O2)[C@@H]1C/C=C\CCCC(=O)O. The van der Waals surface area contributed by atoms with E-state index in [1.54, 1.807) is 0 Å². The number of carbonyl (C=O) groups is 1. The number of allylic oxidation sites excluding steroid dienone is 2. The third-order valence-electron chi connectivity index (χ3n) is 4.92. The maximum atomic E-state index is 10.5. The fourth-order valence-corrected chi connectivity index (χ4v) is 3.38. The zero-order chi connectivity index (χ0) is 18.1. The van der Waals surface area contributed by atoms with Crippen LogP contribution in [0.5, 0.6) is 0 Å². The van der Waals surface area contributed by atoms with E-state index in [4.69, 9.17) is 14.6 Å². The average Bonchev–Trinajstić information content (AvgIpc) is 2.55. The molecule has 3 aliphatic rings. The van der Waals surface area contributed by atoms with Gasteiger partial charge in [0.1, 0.15) is 0 Å². The lowest BCUT2D eigenvalue weighted by Gasteiger charge is -2.49. The van der Waals surface area contributed by atoms with E-state index >= 15 is 0 Å². The standard InChI is InChI=1S/C20H32O5/c1-2-3-6-9-15(21)12-13-17-16(18-14-20(24-17)25-18)10-7-4-5-8-11-19(22)23/h4,7,12-13,15-18,20-21H,2-3,5-6,8-11,14H2,1H3,(H,22,23)/b7-4-,13-12+/t15-,16-,17?,18+,20-/m1/s1. The van der Waals surface area contributed by atoms with Crippen LogP contribution >= 0.6 is 0 Å². The summed E-state index contributed by atoms with van der Waals surface area (Å²) in [4.78, 5) is 10.5. The molecule has 3 aliphatic heterocycles. The summed E-state index contributed by atoms with van der Waals surface area (Å²) in [7, 11) is 0. The van der Waals surface area contributed by atoms with E-state index in [0.717, 1.165) is 44.9 Å². The second-order valence-corrected chi connectivity index (χ2v) is 7.05. The molecule has 3 rings (SSSR count). The molecule has 0 aliphatic carbocycles. The van der Waals surface area contributed by atoms with E-state index < -0.39 is 12.1 Å². The minimum Gasteiger partial charge on any atom is -0.481 e. The van der Waals surface area contributed by atoms with Crippen LogP contribution in [-0.4, -0.2) is 40.8 Å². The number of aliphatic hydroxyl groups is 1. The Bertz CT molecular complexity index is 453. The first kappa shape index (κ1) is 20.1. The number of rotatable bonds is 12. The van der Waals surface area contributed by atoms with E-state index in [1.165, 1.54) is 0 Å². The molecular weight excluding hydrogens is 320 g/mol. The third kappa shape index (κ3) is 6.92. The van der Waals surface area contributed by atoms with E-state index in [2.05, 4.69) is 13.0 Å². The van der Waals surface area contributed by atoms with Gasteiger partial charge < -0.3 is 19.7 Å². The zero-order valence-corrected chi connectivity index (χ0v) is 15.2. The summed E-state index contributed by atoms with van der Waals surface area (Å²) in [5.41, 5.74) is 0. The van der Waals surface area contributed by atoms with E-state index in [9.17, 15) is 9.90 Å². The van der Waals surface area contributed by atoms with Crippen molar-refractivity contribution in [2.24, 2.45) is 5.92 Å². The van der Waals surface area contributed by atoms with Crippen LogP contribution in [0.2, 0.25) is 0 Å². The van der Waals surface area contributed by atoms with Crippen molar-refractivity contribution in [2.45, 2.75) is 89.3 Å². The summed E-state index contributed by atoms with van der Waals surface area (Å²) in [6.45, 7) is 2.16. The second-order valence-electron chi connectivity index (χ2n) is 7.05. The van der Waals surface area contributed by atoms with Crippen molar-refractivity contribution < 1.29 is 24.5 Å². The van der Waals surface area contributed by atoms with Gasteiger partial charge >= 0.3 is 5.97 Å². The van der Waals surface area contributed by atoms with Crippen LogP contribution in [0, 0.1) is 5.92 Å². The van der Waals surface area contributed by atoms with Crippen LogP contribution in [0.1, 0.15) is 64.7 Å². The average molecular weight is 352 g/mol. The number of carboxylic acid groups (broad SMARTS) is 1. The summed E-state index contributed by atoms with van der Waals surface area (Å²) in [6.07, 6.45) is 15.4. The Balaban J connectivity index is 1.76. The van der Waals surface area contributed by atoms with Crippen molar-refractivity contribution in [1.82, 2.24) is 0 Å². The molecule has 2 bridgehead atoms. The van der Waals surface area contributed by atoms with Crippen molar-refractivity contribution in [3.63, 3.8) is 0 Å². The molecule has 0 amide bonds. The Hall–Kier alpha value is -1.17. The predicted octanol–water partition coefficient (Wildman–Crippen LogP) is 3.82. The summed E-state index contributed by atoms with van der Waals surface area (Å²) < 4.78 is 11.6. The van der Waals surface area contributed by atoms with Crippen molar-refractivity contribution in [3.05, 3.63) is 24.3 Å². The van der Waals surface area contributed by atoms with E-state index in [0.29, 0.717) is 6.42 Å². The molecule has 3 fully saturated rings. The highest BCUT2D eigenvalue weighted by atomic mass is 16.7. The molecule has 5 atom stereocenters. The number of fused-ring (bicyclic) bond motifs is 2. The van der Waals surface area contributed by atoms with Gasteiger partial charge in [-0.1, -0.05) is 50.5 Å². The molecule has 0 saturated carbocycles. The van der Waals surface area contributed by atoms with Crippen LogP contribution in [0.25, 0.3) is 0 Å². The number of hydrogen-bond donors (Lipinski definition) is 2. The zero-order valence-electron chi connectivity index (χ0n) is 15.2. The largest absolute Gasteiger partial charge is 0.481 e. The maximum absolute atomic E-state index is 10.5. The number of ether oxygens (including phenoxy) is 2. The summed E-state index contributed by atoms with van der Waals surface area (Å²) in [5.74, 6) is -0.481. The predicted molar refractivity (Wildman–Crippen MR) is 96.2 cm³/mol. The first-order chi connectivity index (χ1) is 12.1. The molecular formula is C20H32O5. The lowest BCUT2D eigenvalue weighted by Crippen LogP contribution is -2.55. The first-order valence-corrected chi connectivity index (χ1v) is 9.64. The number of carboxylic acids is 1. The monoisotopic (exact) mass is 352 g/mol. The molecule has 5 nitrogen and oxygen atoms in total. The summed E-state index contributed by atoms with van der Waals surface area (Å²) >= 11 is 0. The lowest BCUT2D eigenvalue weighted by atomic mass is 9.84. The van der Waals surface area contributed by atoms with Gasteiger partial charge in [0, 0.05) is 18.8 Å². The van der Waals surface area contributed by atoms with E-state index in [-0.39, 0.29) is 30.8 Å². The van der Waals surface area contributed by atoms with Crippen molar-refractivity contribution in [2.75, 3.05) is 0 Å². The minimum atomic E-state index is -0.745. The molecule has 3 saturated heterocycles. The van der Waals surface area contributed by atoms with Gasteiger partial charge in [0.05, 0.1) is 18.3 Å². The maximum Gasteiger partial charge on any atom is 0.303 e. The van der Waals surface area contributed by atoms with Crippen molar-refractivity contribution in [1.29, 1.82) is 0 Å². The summed E-state index contributed by atoms with van der Waals surface area (Å²) in [5, 5.41) is 18.7. The fraction of sp³-hybridized carbons (Fsp3) is 0.750. The molecule has 142 valence electrons. The summed E-state index contributed by atoms with van der Waals surface area (Å²) in [6, 6.07) is 0. The molecule has 0 aromatic heterocycles. The third-order valence-corrected chi connectivity index (χ3v) is 4.92. The lowest BCUT2D eigenvalue weighted by molar-refractivity contribution is -0.337. The normalized spacial score (nSPS) is 29.8. The van der Waals surface area contributed by atoms with Gasteiger partial charge in [-0.15, -0.1) is 0 Å². The van der Waals surface area contributed by atoms with Gasteiger partial charge in [-0.25, -0.2) is 0 Å². The van der Waals surface area contributed by atoms with Crippen LogP contribution in [0.15, 0.2) is 24.3 Å². The molecule has 2 N–H and O–H groups in total. The molecule has 0 spiro atoms. The smallest absolute Gasteiger partial charge is 0.303 e. The van der Waals surface area contributed by atoms with Crippen molar-refractivity contribution >= 4 is 5.97 Å². The highest BCUT2D eigenvalue weighted by molar-refractivity contribution is 5.66. The fourth-order valence-electron chi connectivity index (χ4n) is 3.38. The molecule has 1 unspecified atom stereocenters. The minimum absolute atomic E-state index is 0.0120. The van der Waals surface area contributed by atoms with Crippen LogP contribution in [-0.2, 0) is 14.3 Å². The molecule has 25 heavy (non-hydrogen) atoms. The van der Waals surface area contributed by atoms with Crippen molar-refractivity contribution in [3.8, 4) is 0 Å².